The van der Waals surface area contributed by atoms with Gasteiger partial charge in [0.1, 0.15) is 0 Å². The molecule has 0 aromatic carbocycles. The van der Waals surface area contributed by atoms with Gasteiger partial charge < -0.3 is 9.64 Å². The van der Waals surface area contributed by atoms with Crippen molar-refractivity contribution in [3.8, 4) is 0 Å². The summed E-state index contributed by atoms with van der Waals surface area (Å²) in [5.41, 5.74) is 0. The van der Waals surface area contributed by atoms with Gasteiger partial charge in [-0.1, -0.05) is 13.3 Å². The fourth-order valence-corrected chi connectivity index (χ4v) is 2.68. The summed E-state index contributed by atoms with van der Waals surface area (Å²) in [6.45, 7) is 5.01. The molecule has 0 amide bonds. The quantitative estimate of drug-likeness (QED) is 0.547. The van der Waals surface area contributed by atoms with E-state index >= 15 is 0 Å². The van der Waals surface area contributed by atoms with Gasteiger partial charge in [0.25, 0.3) is 0 Å². The van der Waals surface area contributed by atoms with E-state index in [4.69, 9.17) is 4.74 Å². The van der Waals surface area contributed by atoms with Crippen molar-refractivity contribution in [1.29, 1.82) is 0 Å². The van der Waals surface area contributed by atoms with Crippen molar-refractivity contribution in [2.45, 2.75) is 45.1 Å². The van der Waals surface area contributed by atoms with Gasteiger partial charge in [-0.05, 0) is 38.6 Å². The van der Waals surface area contributed by atoms with E-state index in [0.29, 0.717) is 0 Å². The highest BCUT2D eigenvalue weighted by molar-refractivity contribution is 7.80. The maximum Gasteiger partial charge on any atom is 0.0593 e. The topological polar surface area (TPSA) is 12.5 Å². The van der Waals surface area contributed by atoms with E-state index in [2.05, 4.69) is 31.5 Å². The minimum Gasteiger partial charge on any atom is -0.379 e. The third-order valence-electron chi connectivity index (χ3n) is 3.84. The highest BCUT2D eigenvalue weighted by Gasteiger charge is 2.22. The van der Waals surface area contributed by atoms with Crippen LogP contribution < -0.4 is 0 Å². The third-order valence-corrected chi connectivity index (χ3v) is 4.02. The molecule has 0 heterocycles. The van der Waals surface area contributed by atoms with Crippen LogP contribution in [-0.2, 0) is 4.74 Å². The molecular formula is C13H27NOS. The predicted molar refractivity (Wildman–Crippen MR) is 73.3 cm³/mol. The first-order valence-electron chi connectivity index (χ1n) is 6.66. The summed E-state index contributed by atoms with van der Waals surface area (Å²) in [5.74, 6) is 1.82. The molecule has 0 spiro atoms. The molecule has 96 valence electrons. The lowest BCUT2D eigenvalue weighted by atomic mass is 9.84. The zero-order chi connectivity index (χ0) is 11.8. The van der Waals surface area contributed by atoms with Crippen LogP contribution in [0.15, 0.2) is 0 Å². The minimum absolute atomic E-state index is 0.777. The van der Waals surface area contributed by atoms with Crippen LogP contribution in [0.5, 0.6) is 0 Å². The fraction of sp³-hybridized carbons (Fsp3) is 1.00. The molecule has 0 radical (unpaired) electrons. The van der Waals surface area contributed by atoms with Gasteiger partial charge in [-0.3, -0.25) is 0 Å². The van der Waals surface area contributed by atoms with Crippen molar-refractivity contribution in [3.05, 3.63) is 0 Å². The molecule has 1 aliphatic carbocycles. The Hall–Kier alpha value is 0.270. The smallest absolute Gasteiger partial charge is 0.0593 e. The third kappa shape index (κ3) is 5.07. The lowest BCUT2D eigenvalue weighted by Crippen LogP contribution is -2.37. The van der Waals surface area contributed by atoms with Crippen molar-refractivity contribution in [2.24, 2.45) is 5.92 Å². The summed E-state index contributed by atoms with van der Waals surface area (Å²) in [6.07, 6.45) is 6.96. The van der Waals surface area contributed by atoms with Crippen molar-refractivity contribution in [2.75, 3.05) is 32.6 Å². The highest BCUT2D eigenvalue weighted by Crippen LogP contribution is 2.28. The first-order valence-corrected chi connectivity index (χ1v) is 7.30. The average Bonchev–Trinajstić information content (AvgIpc) is 2.34. The Morgan fingerprint density at radius 2 is 1.88 bits per heavy atom. The van der Waals surface area contributed by atoms with Crippen LogP contribution in [-0.4, -0.2) is 43.5 Å². The summed E-state index contributed by atoms with van der Waals surface area (Å²) in [4.78, 5) is 2.48. The first-order chi connectivity index (χ1) is 7.77. The van der Waals surface area contributed by atoms with E-state index in [1.54, 1.807) is 0 Å². The molecule has 2 nitrogen and oxygen atoms in total. The molecule has 0 aliphatic heterocycles. The van der Waals surface area contributed by atoms with Crippen LogP contribution in [0.2, 0.25) is 0 Å². The Balaban J connectivity index is 2.10. The van der Waals surface area contributed by atoms with Crippen LogP contribution in [0, 0.1) is 5.92 Å². The van der Waals surface area contributed by atoms with Crippen molar-refractivity contribution in [3.63, 3.8) is 0 Å². The molecule has 0 aromatic rings. The van der Waals surface area contributed by atoms with Gasteiger partial charge in [-0.2, -0.15) is 12.6 Å². The van der Waals surface area contributed by atoms with E-state index in [0.717, 1.165) is 37.5 Å². The minimum atomic E-state index is 0.777. The maximum absolute atomic E-state index is 5.47. The Bertz CT molecular complexity index is 169. The van der Waals surface area contributed by atoms with Crippen molar-refractivity contribution in [1.82, 2.24) is 4.90 Å². The van der Waals surface area contributed by atoms with E-state index in [9.17, 15) is 0 Å². The maximum atomic E-state index is 5.47. The highest BCUT2D eigenvalue weighted by atomic mass is 32.1. The first kappa shape index (κ1) is 14.3. The van der Waals surface area contributed by atoms with E-state index in [1.165, 1.54) is 32.1 Å². The average molecular weight is 245 g/mol. The number of nitrogens with zero attached hydrogens (tertiary/aromatic N) is 1. The molecule has 1 rings (SSSR count). The lowest BCUT2D eigenvalue weighted by molar-refractivity contribution is 0.0925. The zero-order valence-corrected chi connectivity index (χ0v) is 11.7. The normalized spacial score (nSPS) is 26.2. The number of likely N-dealkylation sites (N-methyl/N-ethyl adjacent to an activating group) is 1. The summed E-state index contributed by atoms with van der Waals surface area (Å²) < 4.78 is 5.47. The van der Waals surface area contributed by atoms with Crippen LogP contribution in [0.4, 0.5) is 0 Å². The van der Waals surface area contributed by atoms with Gasteiger partial charge >= 0.3 is 0 Å². The number of ether oxygens (including phenoxy) is 1. The van der Waals surface area contributed by atoms with Crippen LogP contribution in [0.1, 0.15) is 39.0 Å². The molecule has 1 aliphatic rings. The lowest BCUT2D eigenvalue weighted by Gasteiger charge is -2.34. The van der Waals surface area contributed by atoms with Gasteiger partial charge in [0.15, 0.2) is 0 Å². The van der Waals surface area contributed by atoms with Crippen molar-refractivity contribution >= 4 is 12.6 Å². The van der Waals surface area contributed by atoms with Crippen LogP contribution >= 0.6 is 12.6 Å². The Labute approximate surface area is 106 Å². The summed E-state index contributed by atoms with van der Waals surface area (Å²) in [7, 11) is 2.24. The summed E-state index contributed by atoms with van der Waals surface area (Å²) >= 11 is 4.13. The van der Waals surface area contributed by atoms with E-state index < -0.39 is 0 Å². The van der Waals surface area contributed by atoms with Gasteiger partial charge in [0, 0.05) is 18.3 Å². The molecule has 0 bridgehead atoms. The molecule has 16 heavy (non-hydrogen) atoms. The zero-order valence-electron chi connectivity index (χ0n) is 10.8. The number of thiol groups is 1. The fourth-order valence-electron chi connectivity index (χ4n) is 2.55. The summed E-state index contributed by atoms with van der Waals surface area (Å²) in [6, 6.07) is 0.794. The van der Waals surface area contributed by atoms with Gasteiger partial charge in [-0.15, -0.1) is 0 Å². The van der Waals surface area contributed by atoms with Gasteiger partial charge in [0.2, 0.25) is 0 Å². The van der Waals surface area contributed by atoms with Crippen LogP contribution in [0.3, 0.4) is 0 Å². The number of hydrogen-bond donors (Lipinski definition) is 1. The molecule has 0 aromatic heterocycles. The number of rotatable bonds is 7. The van der Waals surface area contributed by atoms with Gasteiger partial charge in [-0.25, -0.2) is 0 Å². The SMILES string of the molecule is CCC1CCC(N(C)CCOCCS)CC1. The second-order valence-electron chi connectivity index (χ2n) is 4.90. The van der Waals surface area contributed by atoms with Crippen LogP contribution in [0.25, 0.3) is 0 Å². The standard InChI is InChI=1S/C13H27NOS/c1-3-12-4-6-13(7-5-12)14(2)8-9-15-10-11-16/h12-13,16H,3-11H2,1-2H3. The molecule has 1 saturated carbocycles. The van der Waals surface area contributed by atoms with Gasteiger partial charge in [0.05, 0.1) is 13.2 Å². The van der Waals surface area contributed by atoms with E-state index in [1.807, 2.05) is 0 Å². The predicted octanol–water partition coefficient (Wildman–Crippen LogP) is 2.83. The molecular weight excluding hydrogens is 218 g/mol. The number of hydrogen-bond acceptors (Lipinski definition) is 3. The molecule has 0 unspecified atom stereocenters. The molecule has 0 saturated heterocycles. The molecule has 3 heteroatoms. The van der Waals surface area contributed by atoms with Crippen molar-refractivity contribution < 1.29 is 4.74 Å². The Kier molecular flexibility index (Phi) is 7.50. The summed E-state index contributed by atoms with van der Waals surface area (Å²) in [5, 5.41) is 0. The Morgan fingerprint density at radius 1 is 1.19 bits per heavy atom. The second kappa shape index (κ2) is 8.37. The monoisotopic (exact) mass is 245 g/mol. The largest absolute Gasteiger partial charge is 0.379 e. The van der Waals surface area contributed by atoms with E-state index in [-0.39, 0.29) is 0 Å². The molecule has 0 atom stereocenters. The Morgan fingerprint density at radius 3 is 2.44 bits per heavy atom. The molecule has 0 N–H and O–H groups in total. The molecule has 1 fully saturated rings. The second-order valence-corrected chi connectivity index (χ2v) is 5.35.